The summed E-state index contributed by atoms with van der Waals surface area (Å²) < 4.78 is 2.14. The number of likely N-dealkylation sites (tertiary alicyclic amines) is 1. The highest BCUT2D eigenvalue weighted by atomic mass is 35.5. The van der Waals surface area contributed by atoms with Crippen LogP contribution in [0.5, 0.6) is 0 Å². The molecule has 0 bridgehead atoms. The van der Waals surface area contributed by atoms with Crippen LogP contribution in [0.3, 0.4) is 0 Å². The van der Waals surface area contributed by atoms with Crippen molar-refractivity contribution in [3.05, 3.63) is 59.6 Å². The lowest BCUT2D eigenvalue weighted by Crippen LogP contribution is -2.36. The number of hydrogen-bond acceptors (Lipinski definition) is 4. The summed E-state index contributed by atoms with van der Waals surface area (Å²) in [4.78, 5) is 2.50. The van der Waals surface area contributed by atoms with Crippen LogP contribution < -0.4 is 0 Å². The van der Waals surface area contributed by atoms with E-state index < -0.39 is 0 Å². The Labute approximate surface area is 175 Å². The van der Waals surface area contributed by atoms with E-state index in [1.165, 1.54) is 32.2 Å². The monoisotopic (exact) mass is 412 g/mol. The summed E-state index contributed by atoms with van der Waals surface area (Å²) in [5.41, 5.74) is 2.09. The van der Waals surface area contributed by atoms with Crippen LogP contribution in [0, 0.1) is 0 Å². The van der Waals surface area contributed by atoms with E-state index in [-0.39, 0.29) is 0 Å². The van der Waals surface area contributed by atoms with Gasteiger partial charge in [0.05, 0.1) is 0 Å². The molecule has 1 saturated heterocycles. The first kappa shape index (κ1) is 19.5. The number of hydrogen-bond donors (Lipinski definition) is 0. The number of rotatable bonds is 6. The highest BCUT2D eigenvalue weighted by Crippen LogP contribution is 2.30. The van der Waals surface area contributed by atoms with Crippen LogP contribution in [0.2, 0.25) is 5.02 Å². The Morgan fingerprint density at radius 1 is 1.04 bits per heavy atom. The Kier molecular flexibility index (Phi) is 6.35. The standard InChI is InChI=1S/C22H25ClN4S/c1-26-15-6-5-9-19(26)14-16-28-22-25-24-21(17-7-3-2-4-8-17)27(22)20-12-10-18(23)11-13-20/h2-4,7-8,10-13,19H,5-6,9,14-16H2,1H3/t19-/m1/s1. The van der Waals surface area contributed by atoms with Gasteiger partial charge in [0.15, 0.2) is 11.0 Å². The third-order valence-electron chi connectivity index (χ3n) is 5.35. The molecule has 1 atom stereocenters. The SMILES string of the molecule is CN1CCCC[C@@H]1CCSc1nnc(-c2ccccc2)n1-c1ccc(Cl)cc1. The second-order valence-electron chi connectivity index (χ2n) is 7.25. The predicted octanol–water partition coefficient (Wildman–Crippen LogP) is 5.55. The molecule has 2 heterocycles. The van der Waals surface area contributed by atoms with Crippen LogP contribution in [-0.4, -0.2) is 45.1 Å². The van der Waals surface area contributed by atoms with Gasteiger partial charge >= 0.3 is 0 Å². The lowest BCUT2D eigenvalue weighted by atomic mass is 10.0. The molecule has 3 aromatic rings. The van der Waals surface area contributed by atoms with Gasteiger partial charge in [-0.15, -0.1) is 10.2 Å². The van der Waals surface area contributed by atoms with Crippen molar-refractivity contribution in [3.8, 4) is 17.1 Å². The van der Waals surface area contributed by atoms with Gasteiger partial charge in [-0.25, -0.2) is 0 Å². The van der Waals surface area contributed by atoms with E-state index in [4.69, 9.17) is 11.6 Å². The molecule has 1 fully saturated rings. The molecule has 0 radical (unpaired) electrons. The molecule has 1 aliphatic heterocycles. The van der Waals surface area contributed by atoms with Crippen molar-refractivity contribution < 1.29 is 0 Å². The van der Waals surface area contributed by atoms with Crippen molar-refractivity contribution in [2.24, 2.45) is 0 Å². The molecule has 2 aromatic carbocycles. The average Bonchev–Trinajstić information content (AvgIpc) is 3.14. The fraction of sp³-hybridized carbons (Fsp3) is 0.364. The number of thioether (sulfide) groups is 1. The Balaban J connectivity index is 1.58. The molecule has 0 aliphatic carbocycles. The molecule has 4 rings (SSSR count). The molecule has 0 unspecified atom stereocenters. The van der Waals surface area contributed by atoms with Gasteiger partial charge in [-0.3, -0.25) is 4.57 Å². The Bertz CT molecular complexity index is 895. The highest BCUT2D eigenvalue weighted by Gasteiger charge is 2.20. The second kappa shape index (κ2) is 9.12. The summed E-state index contributed by atoms with van der Waals surface area (Å²) >= 11 is 7.89. The van der Waals surface area contributed by atoms with Crippen LogP contribution in [0.15, 0.2) is 59.8 Å². The Morgan fingerprint density at radius 3 is 2.57 bits per heavy atom. The third kappa shape index (κ3) is 4.43. The van der Waals surface area contributed by atoms with Crippen LogP contribution in [0.25, 0.3) is 17.1 Å². The summed E-state index contributed by atoms with van der Waals surface area (Å²) in [6, 6.07) is 18.8. The van der Waals surface area contributed by atoms with Crippen molar-refractivity contribution in [2.75, 3.05) is 19.3 Å². The second-order valence-corrected chi connectivity index (χ2v) is 8.75. The number of halogens is 1. The zero-order chi connectivity index (χ0) is 19.3. The van der Waals surface area contributed by atoms with E-state index in [1.54, 1.807) is 11.8 Å². The van der Waals surface area contributed by atoms with Gasteiger partial charge in [-0.2, -0.15) is 0 Å². The van der Waals surface area contributed by atoms with Crippen LogP contribution in [0.1, 0.15) is 25.7 Å². The quantitative estimate of drug-likeness (QED) is 0.497. The number of aromatic nitrogens is 3. The van der Waals surface area contributed by atoms with Crippen LogP contribution in [0.4, 0.5) is 0 Å². The topological polar surface area (TPSA) is 34.0 Å². The maximum Gasteiger partial charge on any atom is 0.196 e. The molecular formula is C22H25ClN4S. The summed E-state index contributed by atoms with van der Waals surface area (Å²) in [5, 5.41) is 10.7. The van der Waals surface area contributed by atoms with E-state index in [2.05, 4.69) is 38.8 Å². The van der Waals surface area contributed by atoms with Gasteiger partial charge in [-0.1, -0.05) is 60.1 Å². The third-order valence-corrected chi connectivity index (χ3v) is 6.57. The molecule has 1 aliphatic rings. The maximum atomic E-state index is 6.10. The van der Waals surface area contributed by atoms with E-state index in [0.29, 0.717) is 6.04 Å². The van der Waals surface area contributed by atoms with Crippen molar-refractivity contribution in [3.63, 3.8) is 0 Å². The van der Waals surface area contributed by atoms with Gasteiger partial charge in [-0.05, 0) is 57.1 Å². The first-order valence-electron chi connectivity index (χ1n) is 9.82. The normalized spacial score (nSPS) is 17.7. The number of benzene rings is 2. The summed E-state index contributed by atoms with van der Waals surface area (Å²) in [6.07, 6.45) is 5.15. The van der Waals surface area contributed by atoms with E-state index in [1.807, 2.05) is 42.5 Å². The molecule has 28 heavy (non-hydrogen) atoms. The molecule has 1 aromatic heterocycles. The van der Waals surface area contributed by atoms with Crippen molar-refractivity contribution in [1.82, 2.24) is 19.7 Å². The molecule has 6 heteroatoms. The summed E-state index contributed by atoms with van der Waals surface area (Å²) in [7, 11) is 2.25. The predicted molar refractivity (Wildman–Crippen MR) is 117 cm³/mol. The van der Waals surface area contributed by atoms with Crippen molar-refractivity contribution in [1.29, 1.82) is 0 Å². The molecule has 0 amide bonds. The average molecular weight is 413 g/mol. The van der Waals surface area contributed by atoms with E-state index in [0.717, 1.165) is 33.0 Å². The number of piperidine rings is 1. The van der Waals surface area contributed by atoms with Gasteiger partial charge < -0.3 is 4.90 Å². The molecule has 0 saturated carbocycles. The minimum atomic E-state index is 0.682. The first-order valence-corrected chi connectivity index (χ1v) is 11.2. The van der Waals surface area contributed by atoms with Gasteiger partial charge in [0.25, 0.3) is 0 Å². The number of nitrogens with zero attached hydrogens (tertiary/aromatic N) is 4. The fourth-order valence-corrected chi connectivity index (χ4v) is 4.87. The lowest BCUT2D eigenvalue weighted by molar-refractivity contribution is 0.182. The van der Waals surface area contributed by atoms with Gasteiger partial charge in [0.1, 0.15) is 0 Å². The molecule has 146 valence electrons. The smallest absolute Gasteiger partial charge is 0.196 e. The Hall–Kier alpha value is -1.82. The fourth-order valence-electron chi connectivity index (χ4n) is 3.76. The molecule has 4 nitrogen and oxygen atoms in total. The van der Waals surface area contributed by atoms with Crippen LogP contribution >= 0.6 is 23.4 Å². The zero-order valence-electron chi connectivity index (χ0n) is 16.1. The van der Waals surface area contributed by atoms with Gasteiger partial charge in [0.2, 0.25) is 0 Å². The Morgan fingerprint density at radius 2 is 1.82 bits per heavy atom. The summed E-state index contributed by atoms with van der Waals surface area (Å²) in [6.45, 7) is 1.22. The largest absolute Gasteiger partial charge is 0.303 e. The molecule has 0 spiro atoms. The molecule has 0 N–H and O–H groups in total. The van der Waals surface area contributed by atoms with Crippen LogP contribution in [-0.2, 0) is 0 Å². The van der Waals surface area contributed by atoms with E-state index in [9.17, 15) is 0 Å². The lowest BCUT2D eigenvalue weighted by Gasteiger charge is -2.32. The minimum absolute atomic E-state index is 0.682. The summed E-state index contributed by atoms with van der Waals surface area (Å²) in [5.74, 6) is 1.90. The van der Waals surface area contributed by atoms with Gasteiger partial charge in [0, 0.05) is 28.1 Å². The molecular weight excluding hydrogens is 388 g/mol. The zero-order valence-corrected chi connectivity index (χ0v) is 17.7. The maximum absolute atomic E-state index is 6.10. The van der Waals surface area contributed by atoms with Crippen molar-refractivity contribution in [2.45, 2.75) is 36.9 Å². The van der Waals surface area contributed by atoms with E-state index >= 15 is 0 Å². The van der Waals surface area contributed by atoms with Crippen molar-refractivity contribution >= 4 is 23.4 Å². The minimum Gasteiger partial charge on any atom is -0.303 e. The highest BCUT2D eigenvalue weighted by molar-refractivity contribution is 7.99. The first-order chi connectivity index (χ1) is 13.7.